The van der Waals surface area contributed by atoms with Crippen molar-refractivity contribution in [2.75, 3.05) is 25.6 Å². The summed E-state index contributed by atoms with van der Waals surface area (Å²) in [5, 5.41) is 11.2. The first-order valence-electron chi connectivity index (χ1n) is 5.56. The van der Waals surface area contributed by atoms with E-state index in [1.54, 1.807) is 6.92 Å². The average molecular weight is 280 g/mol. The van der Waals surface area contributed by atoms with Crippen molar-refractivity contribution >= 4 is 21.8 Å². The van der Waals surface area contributed by atoms with E-state index < -0.39 is 27.9 Å². The van der Waals surface area contributed by atoms with E-state index in [1.807, 2.05) is 0 Å². The van der Waals surface area contributed by atoms with Gasteiger partial charge in [0.2, 0.25) is 0 Å². The molecule has 2 N–H and O–H groups in total. The molecule has 0 aliphatic rings. The molecule has 0 rings (SSSR count). The van der Waals surface area contributed by atoms with Gasteiger partial charge in [-0.15, -0.1) is 0 Å². The number of sulfone groups is 1. The fourth-order valence-electron chi connectivity index (χ4n) is 1.20. The van der Waals surface area contributed by atoms with E-state index in [9.17, 15) is 18.0 Å². The third-order valence-corrected chi connectivity index (χ3v) is 3.31. The summed E-state index contributed by atoms with van der Waals surface area (Å²) in [4.78, 5) is 23.4. The third-order valence-electron chi connectivity index (χ3n) is 2.39. The van der Waals surface area contributed by atoms with Crippen LogP contribution in [0.15, 0.2) is 0 Å². The number of amides is 2. The molecule has 0 radical (unpaired) electrons. The molecule has 0 aliphatic heterocycles. The summed E-state index contributed by atoms with van der Waals surface area (Å²) in [6, 6.07) is -0.914. The van der Waals surface area contributed by atoms with Gasteiger partial charge in [-0.05, 0) is 6.42 Å². The summed E-state index contributed by atoms with van der Waals surface area (Å²) >= 11 is 0. The highest BCUT2D eigenvalue weighted by Gasteiger charge is 2.17. The van der Waals surface area contributed by atoms with E-state index in [0.717, 1.165) is 6.26 Å². The molecule has 1 atom stereocenters. The van der Waals surface area contributed by atoms with Crippen molar-refractivity contribution in [3.05, 3.63) is 0 Å². The average Bonchev–Trinajstić information content (AvgIpc) is 2.22. The van der Waals surface area contributed by atoms with Crippen LogP contribution in [0.1, 0.15) is 19.8 Å². The summed E-state index contributed by atoms with van der Waals surface area (Å²) in [5.74, 6) is -1.10. The van der Waals surface area contributed by atoms with Crippen LogP contribution in [0.4, 0.5) is 4.79 Å². The highest BCUT2D eigenvalue weighted by atomic mass is 32.2. The van der Waals surface area contributed by atoms with Gasteiger partial charge in [-0.1, -0.05) is 6.92 Å². The van der Waals surface area contributed by atoms with Crippen molar-refractivity contribution < 1.29 is 23.1 Å². The normalized spacial score (nSPS) is 12.8. The lowest BCUT2D eigenvalue weighted by Gasteiger charge is -2.21. The zero-order valence-corrected chi connectivity index (χ0v) is 11.7. The van der Waals surface area contributed by atoms with Gasteiger partial charge in [0.05, 0.1) is 12.2 Å². The largest absolute Gasteiger partial charge is 0.481 e. The van der Waals surface area contributed by atoms with Gasteiger partial charge in [0, 0.05) is 25.9 Å². The van der Waals surface area contributed by atoms with Crippen LogP contribution in [-0.4, -0.2) is 62.1 Å². The Balaban J connectivity index is 4.25. The fourth-order valence-corrected chi connectivity index (χ4v) is 1.80. The maximum Gasteiger partial charge on any atom is 0.317 e. The Hall–Kier alpha value is -1.31. The van der Waals surface area contributed by atoms with Crippen molar-refractivity contribution in [2.45, 2.75) is 25.8 Å². The lowest BCUT2D eigenvalue weighted by Crippen LogP contribution is -2.45. The highest BCUT2D eigenvalue weighted by molar-refractivity contribution is 7.90. The lowest BCUT2D eigenvalue weighted by atomic mass is 10.1. The smallest absolute Gasteiger partial charge is 0.317 e. The van der Waals surface area contributed by atoms with Crippen LogP contribution < -0.4 is 5.32 Å². The minimum atomic E-state index is -3.12. The van der Waals surface area contributed by atoms with Crippen molar-refractivity contribution in [1.82, 2.24) is 10.2 Å². The molecule has 106 valence electrons. The molecule has 1 unspecified atom stereocenters. The molecule has 0 saturated heterocycles. The minimum Gasteiger partial charge on any atom is -0.481 e. The van der Waals surface area contributed by atoms with E-state index in [2.05, 4.69) is 5.32 Å². The molecule has 0 spiro atoms. The molecule has 2 amide bonds. The van der Waals surface area contributed by atoms with Gasteiger partial charge in [0.15, 0.2) is 0 Å². The molecular weight excluding hydrogens is 260 g/mol. The number of hydrogen-bond donors (Lipinski definition) is 2. The highest BCUT2D eigenvalue weighted by Crippen LogP contribution is 1.99. The van der Waals surface area contributed by atoms with Gasteiger partial charge >= 0.3 is 12.0 Å². The molecule has 18 heavy (non-hydrogen) atoms. The van der Waals surface area contributed by atoms with Crippen LogP contribution >= 0.6 is 0 Å². The molecule has 0 bridgehead atoms. The molecule has 8 heteroatoms. The number of aliphatic carboxylic acids is 1. The second-order valence-corrected chi connectivity index (χ2v) is 6.46. The Bertz CT molecular complexity index is 393. The second-order valence-electron chi connectivity index (χ2n) is 4.20. The maximum absolute atomic E-state index is 11.6. The van der Waals surface area contributed by atoms with Gasteiger partial charge in [0.1, 0.15) is 9.84 Å². The summed E-state index contributed by atoms with van der Waals surface area (Å²) in [6.07, 6.45) is 1.44. The predicted octanol–water partition coefficient (Wildman–Crippen LogP) is -0.0743. The maximum atomic E-state index is 11.6. The topological polar surface area (TPSA) is 104 Å². The van der Waals surface area contributed by atoms with Gasteiger partial charge in [0.25, 0.3) is 0 Å². The number of nitrogens with zero attached hydrogens (tertiary/aromatic N) is 1. The number of carbonyl (C=O) groups is 2. The van der Waals surface area contributed by atoms with Crippen LogP contribution in [-0.2, 0) is 14.6 Å². The molecule has 7 nitrogen and oxygen atoms in total. The van der Waals surface area contributed by atoms with Crippen molar-refractivity contribution in [1.29, 1.82) is 0 Å². The van der Waals surface area contributed by atoms with Crippen molar-refractivity contribution in [2.24, 2.45) is 0 Å². The van der Waals surface area contributed by atoms with Gasteiger partial charge in [-0.3, -0.25) is 4.79 Å². The Morgan fingerprint density at radius 3 is 2.33 bits per heavy atom. The summed E-state index contributed by atoms with van der Waals surface area (Å²) in [5.41, 5.74) is 0. The van der Waals surface area contributed by atoms with Gasteiger partial charge in [-0.2, -0.15) is 0 Å². The number of hydrogen-bond acceptors (Lipinski definition) is 4. The van der Waals surface area contributed by atoms with Crippen LogP contribution in [0.25, 0.3) is 0 Å². The van der Waals surface area contributed by atoms with Crippen LogP contribution in [0.2, 0.25) is 0 Å². The number of urea groups is 1. The number of rotatable bonds is 7. The quantitative estimate of drug-likeness (QED) is 0.679. The number of carbonyl (C=O) groups excluding carboxylic acids is 1. The second kappa shape index (κ2) is 7.20. The predicted molar refractivity (Wildman–Crippen MR) is 67.2 cm³/mol. The van der Waals surface area contributed by atoms with Crippen molar-refractivity contribution in [3.63, 3.8) is 0 Å². The van der Waals surface area contributed by atoms with Gasteiger partial charge < -0.3 is 15.3 Å². The van der Waals surface area contributed by atoms with E-state index >= 15 is 0 Å². The first-order valence-corrected chi connectivity index (χ1v) is 7.63. The monoisotopic (exact) mass is 280 g/mol. The Morgan fingerprint density at radius 2 is 1.94 bits per heavy atom. The van der Waals surface area contributed by atoms with Crippen molar-refractivity contribution in [3.8, 4) is 0 Å². The molecule has 0 saturated carbocycles. The minimum absolute atomic E-state index is 0.0776. The van der Waals surface area contributed by atoms with E-state index in [4.69, 9.17) is 5.11 Å². The summed E-state index contributed by atoms with van der Waals surface area (Å²) < 4.78 is 21.9. The van der Waals surface area contributed by atoms with E-state index in [0.29, 0.717) is 6.42 Å². The Morgan fingerprint density at radius 1 is 1.39 bits per heavy atom. The Labute approximate surface area is 107 Å². The van der Waals surface area contributed by atoms with Gasteiger partial charge in [-0.25, -0.2) is 13.2 Å². The van der Waals surface area contributed by atoms with Crippen LogP contribution in [0.5, 0.6) is 0 Å². The van der Waals surface area contributed by atoms with Crippen LogP contribution in [0, 0.1) is 0 Å². The fraction of sp³-hybridized carbons (Fsp3) is 0.800. The molecular formula is C10H20N2O5S. The zero-order chi connectivity index (χ0) is 14.3. The van der Waals surface area contributed by atoms with E-state index in [1.165, 1.54) is 11.9 Å². The summed E-state index contributed by atoms with van der Waals surface area (Å²) in [6.45, 7) is 1.85. The molecule has 0 aromatic carbocycles. The number of carboxylic acids is 1. The molecule has 0 aliphatic carbocycles. The standard InChI is InChI=1S/C10H20N2O5S/c1-4-8(7-9(13)14)11-10(15)12(2)5-6-18(3,16)17/h8H,4-7H2,1-3H3,(H,11,15)(H,13,14). The molecule has 0 fully saturated rings. The molecule has 0 aromatic heterocycles. The first-order chi connectivity index (χ1) is 8.15. The zero-order valence-electron chi connectivity index (χ0n) is 10.8. The molecule has 0 heterocycles. The summed E-state index contributed by atoms with van der Waals surface area (Å²) in [7, 11) is -1.66. The third kappa shape index (κ3) is 7.88. The van der Waals surface area contributed by atoms with E-state index in [-0.39, 0.29) is 18.7 Å². The number of carboxylic acid groups (broad SMARTS) is 1. The van der Waals surface area contributed by atoms with Crippen LogP contribution in [0.3, 0.4) is 0 Å². The Kier molecular flexibility index (Phi) is 6.67. The first kappa shape index (κ1) is 16.7. The SMILES string of the molecule is CCC(CC(=O)O)NC(=O)N(C)CCS(C)(=O)=O. The number of nitrogens with one attached hydrogen (secondary N) is 1. The lowest BCUT2D eigenvalue weighted by molar-refractivity contribution is -0.137. The molecule has 0 aromatic rings.